The second-order valence-corrected chi connectivity index (χ2v) is 8.28. The summed E-state index contributed by atoms with van der Waals surface area (Å²) in [4.78, 5) is 27.4. The Morgan fingerprint density at radius 3 is 2.87 bits per heavy atom. The Morgan fingerprint density at radius 2 is 2.03 bits per heavy atom. The van der Waals surface area contributed by atoms with Gasteiger partial charge in [0.05, 0.1) is 11.3 Å². The van der Waals surface area contributed by atoms with Crippen LogP contribution < -0.4 is 5.32 Å². The molecule has 0 bridgehead atoms. The molecule has 1 amide bonds. The minimum Gasteiger partial charge on any atom is -0.494 e. The molecule has 0 aliphatic carbocycles. The summed E-state index contributed by atoms with van der Waals surface area (Å²) in [5, 5.41) is 19.0. The van der Waals surface area contributed by atoms with Crippen molar-refractivity contribution < 1.29 is 14.7 Å². The summed E-state index contributed by atoms with van der Waals surface area (Å²) in [6.07, 6.45) is 0. The number of amides is 1. The summed E-state index contributed by atoms with van der Waals surface area (Å²) >= 11 is 3.49. The molecule has 158 valence electrons. The number of aromatic hydroxyl groups is 1. The van der Waals surface area contributed by atoms with Gasteiger partial charge in [0.1, 0.15) is 11.4 Å². The smallest absolute Gasteiger partial charge is 0.263 e. The average Bonchev–Trinajstić information content (AvgIpc) is 3.30. The number of rotatable bonds is 4. The van der Waals surface area contributed by atoms with Crippen LogP contribution in [0.15, 0.2) is 57.1 Å². The van der Waals surface area contributed by atoms with E-state index in [1.807, 2.05) is 42.5 Å². The third-order valence-electron chi connectivity index (χ3n) is 5.41. The summed E-state index contributed by atoms with van der Waals surface area (Å²) in [5.41, 5.74) is 3.83. The highest BCUT2D eigenvalue weighted by molar-refractivity contribution is 9.10. The van der Waals surface area contributed by atoms with Gasteiger partial charge >= 0.3 is 0 Å². The lowest BCUT2D eigenvalue weighted by Gasteiger charge is -2.26. The van der Waals surface area contributed by atoms with Crippen LogP contribution in [-0.4, -0.2) is 65.1 Å². The van der Waals surface area contributed by atoms with Crippen molar-refractivity contribution in [1.29, 1.82) is 0 Å². The molecule has 31 heavy (non-hydrogen) atoms. The number of fused-ring (bicyclic) bond motifs is 2. The lowest BCUT2D eigenvalue weighted by molar-refractivity contribution is -0.136. The van der Waals surface area contributed by atoms with Crippen LogP contribution in [0.5, 0.6) is 5.88 Å². The van der Waals surface area contributed by atoms with Crippen LogP contribution in [0.4, 0.5) is 5.69 Å². The fraction of sp³-hybridized carbons (Fsp3) is 0.227. The van der Waals surface area contributed by atoms with E-state index in [4.69, 9.17) is 9.83 Å². The first-order chi connectivity index (χ1) is 15.1. The quantitative estimate of drug-likeness (QED) is 0.498. The molecule has 5 rings (SSSR count). The number of piperazine rings is 1. The Labute approximate surface area is 186 Å². The van der Waals surface area contributed by atoms with Crippen molar-refractivity contribution in [2.75, 3.05) is 32.8 Å². The summed E-state index contributed by atoms with van der Waals surface area (Å²) in [6.45, 7) is 2.73. The van der Waals surface area contributed by atoms with Crippen molar-refractivity contribution in [2.45, 2.75) is 0 Å². The van der Waals surface area contributed by atoms with E-state index in [0.717, 1.165) is 39.7 Å². The van der Waals surface area contributed by atoms with E-state index in [2.05, 4.69) is 31.4 Å². The Bertz CT molecular complexity index is 1230. The molecule has 1 aromatic heterocycles. The van der Waals surface area contributed by atoms with Gasteiger partial charge in [-0.2, -0.15) is 0 Å². The molecule has 0 saturated carbocycles. The molecule has 1 saturated heterocycles. The number of nitrogens with zero attached hydrogens (tertiary/aromatic N) is 3. The third kappa shape index (κ3) is 3.70. The van der Waals surface area contributed by atoms with Gasteiger partial charge in [-0.05, 0) is 24.3 Å². The van der Waals surface area contributed by atoms with Gasteiger partial charge in [-0.25, -0.2) is 4.99 Å². The van der Waals surface area contributed by atoms with E-state index in [-0.39, 0.29) is 18.4 Å². The van der Waals surface area contributed by atoms with Crippen molar-refractivity contribution in [2.24, 2.45) is 10.1 Å². The van der Waals surface area contributed by atoms with Crippen molar-refractivity contribution in [1.82, 2.24) is 15.2 Å². The van der Waals surface area contributed by atoms with Crippen LogP contribution in [0.2, 0.25) is 0 Å². The minimum absolute atomic E-state index is 0.00393. The maximum Gasteiger partial charge on any atom is 0.263 e. The van der Waals surface area contributed by atoms with Crippen LogP contribution in [0.25, 0.3) is 10.9 Å². The summed E-state index contributed by atoms with van der Waals surface area (Å²) in [6, 6.07) is 13.3. The van der Waals surface area contributed by atoms with Gasteiger partial charge < -0.3 is 25.1 Å². The minimum atomic E-state index is -0.148. The number of aromatic amines is 1. The number of oxime groups is 1. The van der Waals surface area contributed by atoms with Gasteiger partial charge in [-0.3, -0.25) is 4.79 Å². The molecule has 9 heteroatoms. The molecule has 3 aromatic rings. The van der Waals surface area contributed by atoms with Crippen LogP contribution in [0, 0.1) is 0 Å². The molecule has 8 nitrogen and oxygen atoms in total. The number of nitrogens with one attached hydrogen (secondary N) is 2. The monoisotopic (exact) mass is 481 g/mol. The second kappa shape index (κ2) is 8.16. The first-order valence-corrected chi connectivity index (χ1v) is 10.8. The van der Waals surface area contributed by atoms with E-state index in [0.29, 0.717) is 30.1 Å². The van der Waals surface area contributed by atoms with E-state index >= 15 is 0 Å². The number of aliphatic imine (C=N–C) groups is 1. The molecule has 2 aliphatic rings. The van der Waals surface area contributed by atoms with Crippen molar-refractivity contribution >= 4 is 49.9 Å². The van der Waals surface area contributed by atoms with E-state index in [9.17, 15) is 9.90 Å². The van der Waals surface area contributed by atoms with Gasteiger partial charge in [0.25, 0.3) is 5.91 Å². The van der Waals surface area contributed by atoms with Gasteiger partial charge in [-0.1, -0.05) is 39.3 Å². The number of halogens is 1. The first kappa shape index (κ1) is 19.8. The number of carbonyl (C=O) groups excluding carboxylic acids is 1. The standard InChI is InChI=1S/C22H20BrN5O3/c23-13-5-6-17-15(11-13)19(22(30)26-17)21-20(14-3-1-2-4-16(14)25-21)27-31-12-18(29)28-9-7-24-8-10-28/h1-6,11,24,26,30H,7-10,12H2. The molecule has 2 aromatic carbocycles. The number of H-pyrrole nitrogens is 1. The number of aromatic nitrogens is 1. The topological polar surface area (TPSA) is 102 Å². The van der Waals surface area contributed by atoms with Crippen LogP contribution >= 0.6 is 15.9 Å². The van der Waals surface area contributed by atoms with E-state index in [1.165, 1.54) is 0 Å². The van der Waals surface area contributed by atoms with Gasteiger partial charge in [0.15, 0.2) is 12.5 Å². The number of hydrogen-bond acceptors (Lipinski definition) is 6. The van der Waals surface area contributed by atoms with Crippen LogP contribution in [0.1, 0.15) is 11.1 Å². The number of para-hydroxylation sites is 1. The molecular formula is C22H20BrN5O3. The number of hydrogen-bond donors (Lipinski definition) is 3. The normalized spacial score (nSPS) is 17.1. The molecule has 3 N–H and O–H groups in total. The summed E-state index contributed by atoms with van der Waals surface area (Å²) in [5.74, 6) is -0.0984. The zero-order chi connectivity index (χ0) is 21.4. The zero-order valence-electron chi connectivity index (χ0n) is 16.6. The Hall–Kier alpha value is -3.17. The fourth-order valence-corrected chi connectivity index (χ4v) is 4.25. The van der Waals surface area contributed by atoms with E-state index in [1.54, 1.807) is 4.90 Å². The Balaban J connectivity index is 1.49. The number of benzene rings is 2. The van der Waals surface area contributed by atoms with Gasteiger partial charge in [0, 0.05) is 47.1 Å². The highest BCUT2D eigenvalue weighted by Crippen LogP contribution is 2.36. The Morgan fingerprint density at radius 1 is 1.23 bits per heavy atom. The predicted molar refractivity (Wildman–Crippen MR) is 122 cm³/mol. The van der Waals surface area contributed by atoms with Crippen LogP contribution in [-0.2, 0) is 9.63 Å². The largest absolute Gasteiger partial charge is 0.494 e. The maximum atomic E-state index is 12.4. The fourth-order valence-electron chi connectivity index (χ4n) is 3.89. The summed E-state index contributed by atoms with van der Waals surface area (Å²) in [7, 11) is 0. The van der Waals surface area contributed by atoms with Gasteiger partial charge in [0.2, 0.25) is 0 Å². The van der Waals surface area contributed by atoms with Crippen LogP contribution in [0.3, 0.4) is 0 Å². The van der Waals surface area contributed by atoms with Crippen molar-refractivity contribution in [3.8, 4) is 5.88 Å². The lowest BCUT2D eigenvalue weighted by atomic mass is 10.0. The molecule has 0 unspecified atom stereocenters. The molecule has 1 fully saturated rings. The predicted octanol–water partition coefficient (Wildman–Crippen LogP) is 2.92. The maximum absolute atomic E-state index is 12.4. The first-order valence-electron chi connectivity index (χ1n) is 9.99. The highest BCUT2D eigenvalue weighted by atomic mass is 79.9. The SMILES string of the molecule is O=C(CON=C1C(c2c(O)[nH]c3ccc(Br)cc23)=Nc2ccccc21)N1CCNCC1. The summed E-state index contributed by atoms with van der Waals surface area (Å²) < 4.78 is 0.882. The molecule has 0 radical (unpaired) electrons. The lowest BCUT2D eigenvalue weighted by Crippen LogP contribution is -2.47. The second-order valence-electron chi connectivity index (χ2n) is 7.36. The van der Waals surface area contributed by atoms with Crippen molar-refractivity contribution in [3.63, 3.8) is 0 Å². The van der Waals surface area contributed by atoms with E-state index < -0.39 is 0 Å². The molecule has 0 spiro atoms. The third-order valence-corrected chi connectivity index (χ3v) is 5.90. The van der Waals surface area contributed by atoms with Gasteiger partial charge in [-0.15, -0.1) is 0 Å². The zero-order valence-corrected chi connectivity index (χ0v) is 18.1. The molecular weight excluding hydrogens is 462 g/mol. The number of carbonyl (C=O) groups is 1. The molecule has 0 atom stereocenters. The molecule has 2 aliphatic heterocycles. The van der Waals surface area contributed by atoms with Crippen molar-refractivity contribution in [3.05, 3.63) is 58.1 Å². The highest BCUT2D eigenvalue weighted by Gasteiger charge is 2.29. The Kier molecular flexibility index (Phi) is 5.21. The average molecular weight is 482 g/mol. The molecule has 3 heterocycles.